The second-order valence-corrected chi connectivity index (χ2v) is 3.91. The molecule has 1 rings (SSSR count). The van der Waals surface area contributed by atoms with Gasteiger partial charge in [0.15, 0.2) is 0 Å². The van der Waals surface area contributed by atoms with Gasteiger partial charge in [-0.1, -0.05) is 0 Å². The Morgan fingerprint density at radius 2 is 1.38 bits per heavy atom. The van der Waals surface area contributed by atoms with Crippen LogP contribution < -0.4 is 5.73 Å². The minimum Gasteiger partial charge on any atom is -0.481 e. The summed E-state index contributed by atoms with van der Waals surface area (Å²) in [7, 11) is 0. The largest absolute Gasteiger partial charge is 0.481 e. The van der Waals surface area contributed by atoms with Gasteiger partial charge in [0.05, 0.1) is 17.8 Å². The van der Waals surface area contributed by atoms with Gasteiger partial charge in [0, 0.05) is 6.04 Å². The third-order valence-electron chi connectivity index (χ3n) is 2.98. The monoisotopic (exact) mass is 231 g/mol. The Morgan fingerprint density at radius 1 is 0.875 bits per heavy atom. The van der Waals surface area contributed by atoms with E-state index in [9.17, 15) is 14.4 Å². The molecule has 0 amide bonds. The highest BCUT2D eigenvalue weighted by Gasteiger charge is 2.49. The highest BCUT2D eigenvalue weighted by molar-refractivity contribution is 5.86. The van der Waals surface area contributed by atoms with Gasteiger partial charge < -0.3 is 21.1 Å². The van der Waals surface area contributed by atoms with Gasteiger partial charge >= 0.3 is 17.9 Å². The first-order valence-electron chi connectivity index (χ1n) is 4.80. The Labute approximate surface area is 90.9 Å². The number of carbonyl (C=O) groups is 3. The average molecular weight is 231 g/mol. The van der Waals surface area contributed by atoms with Crippen LogP contribution in [0.3, 0.4) is 0 Å². The van der Waals surface area contributed by atoms with Crippen molar-refractivity contribution >= 4 is 17.9 Å². The summed E-state index contributed by atoms with van der Waals surface area (Å²) in [5, 5.41) is 26.6. The Morgan fingerprint density at radius 3 is 1.75 bits per heavy atom. The lowest BCUT2D eigenvalue weighted by molar-refractivity contribution is -0.165. The fourth-order valence-corrected chi connectivity index (χ4v) is 2.19. The number of hydrogen-bond donors (Lipinski definition) is 4. The molecule has 0 saturated heterocycles. The number of carboxylic acid groups (broad SMARTS) is 3. The fraction of sp³-hybridized carbons (Fsp3) is 0.667. The summed E-state index contributed by atoms with van der Waals surface area (Å²) in [5.41, 5.74) is 5.53. The summed E-state index contributed by atoms with van der Waals surface area (Å²) in [6.45, 7) is 0. The minimum atomic E-state index is -1.46. The molecule has 7 heteroatoms. The van der Waals surface area contributed by atoms with Crippen molar-refractivity contribution in [3.05, 3.63) is 0 Å². The van der Waals surface area contributed by atoms with Crippen molar-refractivity contribution < 1.29 is 29.7 Å². The molecule has 0 heterocycles. The second-order valence-electron chi connectivity index (χ2n) is 3.91. The molecule has 1 aliphatic rings. The number of carboxylic acids is 3. The number of aliphatic carboxylic acids is 3. The third-order valence-corrected chi connectivity index (χ3v) is 2.98. The molecule has 1 aliphatic carbocycles. The third kappa shape index (κ3) is 2.13. The predicted octanol–water partition coefficient (Wildman–Crippen LogP) is -0.790. The molecule has 5 N–H and O–H groups in total. The molecule has 0 aromatic rings. The SMILES string of the molecule is N[C@@H]1CC[C@H](C(=O)O)[C@@H](C(=O)O)[C@H]1C(=O)O. The van der Waals surface area contributed by atoms with Crippen LogP contribution in [0.4, 0.5) is 0 Å². The summed E-state index contributed by atoms with van der Waals surface area (Å²) < 4.78 is 0. The summed E-state index contributed by atoms with van der Waals surface area (Å²) in [6, 6.07) is -0.811. The quantitative estimate of drug-likeness (QED) is 0.499. The van der Waals surface area contributed by atoms with E-state index in [2.05, 4.69) is 0 Å². The summed E-state index contributed by atoms with van der Waals surface area (Å²) in [4.78, 5) is 32.7. The topological polar surface area (TPSA) is 138 Å². The van der Waals surface area contributed by atoms with Crippen LogP contribution in [0.1, 0.15) is 12.8 Å². The van der Waals surface area contributed by atoms with Gasteiger partial charge in [-0.2, -0.15) is 0 Å². The van der Waals surface area contributed by atoms with Gasteiger partial charge in [0.25, 0.3) is 0 Å². The van der Waals surface area contributed by atoms with E-state index in [1.54, 1.807) is 0 Å². The Balaban J connectivity index is 3.06. The van der Waals surface area contributed by atoms with E-state index < -0.39 is 41.7 Å². The van der Waals surface area contributed by atoms with Gasteiger partial charge in [-0.25, -0.2) is 0 Å². The van der Waals surface area contributed by atoms with E-state index >= 15 is 0 Å². The molecule has 0 aromatic carbocycles. The summed E-state index contributed by atoms with van der Waals surface area (Å²) in [6.07, 6.45) is 0.301. The van der Waals surface area contributed by atoms with Crippen LogP contribution in [-0.4, -0.2) is 39.3 Å². The lowest BCUT2D eigenvalue weighted by Crippen LogP contribution is -2.51. The van der Waals surface area contributed by atoms with E-state index in [0.29, 0.717) is 0 Å². The lowest BCUT2D eigenvalue weighted by Gasteiger charge is -2.34. The van der Waals surface area contributed by atoms with Gasteiger partial charge in [-0.15, -0.1) is 0 Å². The standard InChI is InChI=1S/C9H13NO6/c10-4-2-1-3(7(11)12)5(8(13)14)6(4)9(15)16/h3-6H,1-2,10H2,(H,11,12)(H,13,14)(H,15,16)/t3-,4+,5+,6-/m0/s1. The number of hydrogen-bond acceptors (Lipinski definition) is 4. The molecular weight excluding hydrogens is 218 g/mol. The first kappa shape index (κ1) is 12.4. The number of rotatable bonds is 3. The van der Waals surface area contributed by atoms with Gasteiger partial charge in [0.2, 0.25) is 0 Å². The van der Waals surface area contributed by atoms with E-state index in [0.717, 1.165) is 0 Å². The molecule has 1 saturated carbocycles. The fourth-order valence-electron chi connectivity index (χ4n) is 2.19. The van der Waals surface area contributed by atoms with Gasteiger partial charge in [-0.05, 0) is 12.8 Å². The molecule has 4 atom stereocenters. The second kappa shape index (κ2) is 4.48. The maximum Gasteiger partial charge on any atom is 0.308 e. The van der Waals surface area contributed by atoms with Crippen molar-refractivity contribution in [2.24, 2.45) is 23.5 Å². The van der Waals surface area contributed by atoms with Crippen LogP contribution in [0.15, 0.2) is 0 Å². The molecule has 0 radical (unpaired) electrons. The Kier molecular flexibility index (Phi) is 3.48. The van der Waals surface area contributed by atoms with Crippen molar-refractivity contribution in [3.8, 4) is 0 Å². The van der Waals surface area contributed by atoms with Crippen LogP contribution in [0, 0.1) is 17.8 Å². The molecule has 1 fully saturated rings. The predicted molar refractivity (Wildman–Crippen MR) is 50.6 cm³/mol. The zero-order valence-electron chi connectivity index (χ0n) is 8.37. The van der Waals surface area contributed by atoms with Crippen LogP contribution in [0.25, 0.3) is 0 Å². The van der Waals surface area contributed by atoms with Crippen molar-refractivity contribution in [2.75, 3.05) is 0 Å². The zero-order valence-corrected chi connectivity index (χ0v) is 8.37. The molecule has 0 unspecified atom stereocenters. The van der Waals surface area contributed by atoms with E-state index in [1.165, 1.54) is 0 Å². The van der Waals surface area contributed by atoms with Crippen molar-refractivity contribution in [2.45, 2.75) is 18.9 Å². The smallest absolute Gasteiger partial charge is 0.308 e. The minimum absolute atomic E-state index is 0.0945. The average Bonchev–Trinajstić information content (AvgIpc) is 2.15. The number of nitrogens with two attached hydrogens (primary N) is 1. The molecule has 90 valence electrons. The Bertz CT molecular complexity index is 328. The molecular formula is C9H13NO6. The molecule has 0 aliphatic heterocycles. The normalized spacial score (nSPS) is 34.3. The molecule has 0 bridgehead atoms. The first-order chi connectivity index (χ1) is 7.36. The van der Waals surface area contributed by atoms with Crippen molar-refractivity contribution in [1.82, 2.24) is 0 Å². The van der Waals surface area contributed by atoms with Crippen LogP contribution in [0.2, 0.25) is 0 Å². The van der Waals surface area contributed by atoms with E-state index in [4.69, 9.17) is 21.1 Å². The van der Waals surface area contributed by atoms with Crippen LogP contribution in [0.5, 0.6) is 0 Å². The highest BCUT2D eigenvalue weighted by Crippen LogP contribution is 2.35. The highest BCUT2D eigenvalue weighted by atomic mass is 16.4. The molecule has 0 spiro atoms. The Hall–Kier alpha value is -1.63. The van der Waals surface area contributed by atoms with Crippen LogP contribution >= 0.6 is 0 Å². The van der Waals surface area contributed by atoms with Gasteiger partial charge in [-0.3, -0.25) is 14.4 Å². The zero-order chi connectivity index (χ0) is 12.5. The lowest BCUT2D eigenvalue weighted by atomic mass is 9.69. The first-order valence-corrected chi connectivity index (χ1v) is 4.80. The summed E-state index contributed by atoms with van der Waals surface area (Å²) in [5.74, 6) is -8.05. The van der Waals surface area contributed by atoms with Crippen molar-refractivity contribution in [3.63, 3.8) is 0 Å². The molecule has 16 heavy (non-hydrogen) atoms. The van der Waals surface area contributed by atoms with Crippen molar-refractivity contribution in [1.29, 1.82) is 0 Å². The van der Waals surface area contributed by atoms with Gasteiger partial charge in [0.1, 0.15) is 0 Å². The van der Waals surface area contributed by atoms with E-state index in [-0.39, 0.29) is 12.8 Å². The van der Waals surface area contributed by atoms with E-state index in [1.807, 2.05) is 0 Å². The maximum absolute atomic E-state index is 10.9. The summed E-state index contributed by atoms with van der Waals surface area (Å²) >= 11 is 0. The molecule has 7 nitrogen and oxygen atoms in total. The molecule has 0 aromatic heterocycles. The maximum atomic E-state index is 10.9. The van der Waals surface area contributed by atoms with Crippen LogP contribution in [-0.2, 0) is 14.4 Å².